The van der Waals surface area contributed by atoms with Gasteiger partial charge in [-0.1, -0.05) is 54.4 Å². The van der Waals surface area contributed by atoms with E-state index in [2.05, 4.69) is 0 Å². The molecule has 0 aliphatic rings. The lowest BCUT2D eigenvalue weighted by Crippen LogP contribution is -2.39. The van der Waals surface area contributed by atoms with E-state index in [1.54, 1.807) is 30.3 Å². The van der Waals surface area contributed by atoms with Gasteiger partial charge in [0.15, 0.2) is 0 Å². The molecular formula is C16H16Cl2FN. The highest BCUT2D eigenvalue weighted by atomic mass is 35.5. The maximum Gasteiger partial charge on any atom is 0.128 e. The van der Waals surface area contributed by atoms with Crippen LogP contribution in [0.15, 0.2) is 42.5 Å². The predicted octanol–water partition coefficient (Wildman–Crippen LogP) is 4.94. The van der Waals surface area contributed by atoms with Gasteiger partial charge in [0.2, 0.25) is 0 Å². The molecule has 2 aromatic carbocycles. The van der Waals surface area contributed by atoms with E-state index in [9.17, 15) is 4.39 Å². The van der Waals surface area contributed by atoms with E-state index in [-0.39, 0.29) is 5.82 Å². The SMILES string of the molecule is CCC(N)(Cc1ccc(Cl)cc1Cl)c1ccccc1F. The Hall–Kier alpha value is -1.09. The van der Waals surface area contributed by atoms with Crippen molar-refractivity contribution in [2.75, 3.05) is 0 Å². The van der Waals surface area contributed by atoms with Crippen LogP contribution < -0.4 is 5.73 Å². The van der Waals surface area contributed by atoms with Gasteiger partial charge in [0, 0.05) is 21.1 Å². The predicted molar refractivity (Wildman–Crippen MR) is 82.7 cm³/mol. The van der Waals surface area contributed by atoms with Gasteiger partial charge in [0.1, 0.15) is 5.82 Å². The molecule has 0 aliphatic carbocycles. The van der Waals surface area contributed by atoms with Gasteiger partial charge in [-0.25, -0.2) is 4.39 Å². The molecule has 0 fully saturated rings. The van der Waals surface area contributed by atoms with E-state index in [1.165, 1.54) is 6.07 Å². The van der Waals surface area contributed by atoms with Gasteiger partial charge in [-0.15, -0.1) is 0 Å². The fourth-order valence-corrected chi connectivity index (χ4v) is 2.76. The molecule has 106 valence electrons. The van der Waals surface area contributed by atoms with Crippen LogP contribution in [0.5, 0.6) is 0 Å². The van der Waals surface area contributed by atoms with Crippen LogP contribution in [-0.4, -0.2) is 0 Å². The van der Waals surface area contributed by atoms with Crippen molar-refractivity contribution in [2.45, 2.75) is 25.3 Å². The smallest absolute Gasteiger partial charge is 0.128 e. The molecule has 0 saturated heterocycles. The molecule has 4 heteroatoms. The van der Waals surface area contributed by atoms with Gasteiger partial charge in [0.05, 0.1) is 0 Å². The van der Waals surface area contributed by atoms with Crippen LogP contribution in [0.1, 0.15) is 24.5 Å². The maximum atomic E-state index is 14.0. The Kier molecular flexibility index (Phi) is 4.69. The summed E-state index contributed by atoms with van der Waals surface area (Å²) in [4.78, 5) is 0. The lowest BCUT2D eigenvalue weighted by atomic mass is 9.82. The van der Waals surface area contributed by atoms with Crippen molar-refractivity contribution in [1.82, 2.24) is 0 Å². The average molecular weight is 312 g/mol. The van der Waals surface area contributed by atoms with Gasteiger partial charge in [-0.05, 0) is 36.6 Å². The number of hydrogen-bond acceptors (Lipinski definition) is 1. The molecule has 2 N–H and O–H groups in total. The van der Waals surface area contributed by atoms with Crippen molar-refractivity contribution in [3.8, 4) is 0 Å². The van der Waals surface area contributed by atoms with E-state index in [4.69, 9.17) is 28.9 Å². The number of halogens is 3. The third kappa shape index (κ3) is 3.14. The minimum Gasteiger partial charge on any atom is -0.321 e. The molecule has 2 rings (SSSR count). The zero-order chi connectivity index (χ0) is 14.8. The van der Waals surface area contributed by atoms with Crippen LogP contribution in [0.2, 0.25) is 10.0 Å². The number of benzene rings is 2. The van der Waals surface area contributed by atoms with Crippen LogP contribution in [0.25, 0.3) is 0 Å². The Balaban J connectivity index is 2.39. The summed E-state index contributed by atoms with van der Waals surface area (Å²) >= 11 is 12.1. The van der Waals surface area contributed by atoms with E-state index in [0.717, 1.165) is 5.56 Å². The normalized spacial score (nSPS) is 14.1. The second-order valence-corrected chi connectivity index (χ2v) is 5.75. The summed E-state index contributed by atoms with van der Waals surface area (Å²) < 4.78 is 14.0. The molecule has 0 bridgehead atoms. The minimum absolute atomic E-state index is 0.290. The monoisotopic (exact) mass is 311 g/mol. The minimum atomic E-state index is -0.789. The quantitative estimate of drug-likeness (QED) is 0.850. The molecule has 1 nitrogen and oxygen atoms in total. The Bertz CT molecular complexity index is 615. The van der Waals surface area contributed by atoms with E-state index in [1.807, 2.05) is 13.0 Å². The van der Waals surface area contributed by atoms with Crippen molar-refractivity contribution in [1.29, 1.82) is 0 Å². The zero-order valence-electron chi connectivity index (χ0n) is 11.2. The second-order valence-electron chi connectivity index (χ2n) is 4.90. The number of rotatable bonds is 4. The van der Waals surface area contributed by atoms with Gasteiger partial charge >= 0.3 is 0 Å². The van der Waals surface area contributed by atoms with Crippen LogP contribution in [0, 0.1) is 5.82 Å². The van der Waals surface area contributed by atoms with Crippen molar-refractivity contribution < 1.29 is 4.39 Å². The van der Waals surface area contributed by atoms with Crippen LogP contribution >= 0.6 is 23.2 Å². The molecule has 0 aromatic heterocycles. The van der Waals surface area contributed by atoms with Crippen LogP contribution in [0.3, 0.4) is 0 Å². The van der Waals surface area contributed by atoms with Gasteiger partial charge in [-0.3, -0.25) is 0 Å². The van der Waals surface area contributed by atoms with Crippen molar-refractivity contribution in [3.63, 3.8) is 0 Å². The zero-order valence-corrected chi connectivity index (χ0v) is 12.7. The first kappa shape index (κ1) is 15.3. The fraction of sp³-hybridized carbons (Fsp3) is 0.250. The standard InChI is InChI=1S/C16H16Cl2FN/c1-2-16(20,13-5-3-4-6-15(13)19)10-11-7-8-12(17)9-14(11)18/h3-9H,2,10,20H2,1H3. The lowest BCUT2D eigenvalue weighted by molar-refractivity contribution is 0.403. The molecule has 1 atom stereocenters. The Morgan fingerprint density at radius 2 is 1.85 bits per heavy atom. The van der Waals surface area contributed by atoms with Crippen molar-refractivity contribution in [3.05, 3.63) is 69.5 Å². The molecular weight excluding hydrogens is 296 g/mol. The fourth-order valence-electron chi connectivity index (χ4n) is 2.28. The Morgan fingerprint density at radius 1 is 1.15 bits per heavy atom. The summed E-state index contributed by atoms with van der Waals surface area (Å²) in [5, 5.41) is 1.13. The van der Waals surface area contributed by atoms with Gasteiger partial charge in [-0.2, -0.15) is 0 Å². The van der Waals surface area contributed by atoms with Gasteiger partial charge < -0.3 is 5.73 Å². The highest BCUT2D eigenvalue weighted by Gasteiger charge is 2.29. The Morgan fingerprint density at radius 3 is 2.45 bits per heavy atom. The summed E-state index contributed by atoms with van der Waals surface area (Å²) in [5.41, 5.74) is 7.01. The molecule has 0 amide bonds. The molecule has 0 heterocycles. The van der Waals surface area contributed by atoms with E-state index < -0.39 is 5.54 Å². The number of nitrogens with two attached hydrogens (primary N) is 1. The summed E-state index contributed by atoms with van der Waals surface area (Å²) in [5.74, 6) is -0.290. The van der Waals surface area contributed by atoms with Crippen molar-refractivity contribution >= 4 is 23.2 Å². The molecule has 0 saturated carbocycles. The largest absolute Gasteiger partial charge is 0.321 e. The third-order valence-electron chi connectivity index (χ3n) is 3.56. The first-order chi connectivity index (χ1) is 9.46. The molecule has 0 aliphatic heterocycles. The van der Waals surface area contributed by atoms with Crippen LogP contribution in [-0.2, 0) is 12.0 Å². The van der Waals surface area contributed by atoms with E-state index in [0.29, 0.717) is 28.5 Å². The summed E-state index contributed by atoms with van der Waals surface area (Å²) in [6, 6.07) is 11.9. The molecule has 1 unspecified atom stereocenters. The average Bonchev–Trinajstić information content (AvgIpc) is 2.42. The molecule has 20 heavy (non-hydrogen) atoms. The highest BCUT2D eigenvalue weighted by molar-refractivity contribution is 6.35. The Labute approximate surface area is 128 Å². The number of hydrogen-bond donors (Lipinski definition) is 1. The summed E-state index contributed by atoms with van der Waals surface area (Å²) in [6.45, 7) is 1.94. The molecule has 2 aromatic rings. The topological polar surface area (TPSA) is 26.0 Å². The summed E-state index contributed by atoms with van der Waals surface area (Å²) in [6.07, 6.45) is 1.06. The lowest BCUT2D eigenvalue weighted by Gasteiger charge is -2.29. The van der Waals surface area contributed by atoms with Crippen LogP contribution in [0.4, 0.5) is 4.39 Å². The maximum absolute atomic E-state index is 14.0. The first-order valence-corrected chi connectivity index (χ1v) is 7.19. The second kappa shape index (κ2) is 6.13. The third-order valence-corrected chi connectivity index (χ3v) is 4.15. The molecule has 0 spiro atoms. The highest BCUT2D eigenvalue weighted by Crippen LogP contribution is 2.32. The van der Waals surface area contributed by atoms with Crippen molar-refractivity contribution in [2.24, 2.45) is 5.73 Å². The first-order valence-electron chi connectivity index (χ1n) is 6.44. The van der Waals surface area contributed by atoms with Gasteiger partial charge in [0.25, 0.3) is 0 Å². The molecule has 0 radical (unpaired) electrons. The van der Waals surface area contributed by atoms with E-state index >= 15 is 0 Å². The summed E-state index contributed by atoms with van der Waals surface area (Å²) in [7, 11) is 0.